The molecule has 1 aliphatic heterocycles. The van der Waals surface area contributed by atoms with Crippen LogP contribution in [0.4, 0.5) is 22.7 Å². The molecule has 1 aromatic heterocycles. The summed E-state index contributed by atoms with van der Waals surface area (Å²) < 4.78 is 0. The van der Waals surface area contributed by atoms with Crippen LogP contribution < -0.4 is 21.3 Å². The van der Waals surface area contributed by atoms with Crippen molar-refractivity contribution in [3.63, 3.8) is 0 Å². The third-order valence-corrected chi connectivity index (χ3v) is 6.40. The molecular weight excluding hydrogens is 454 g/mol. The maximum atomic E-state index is 12.7. The second-order valence-corrected chi connectivity index (χ2v) is 9.07. The molecule has 34 heavy (non-hydrogen) atoms. The van der Waals surface area contributed by atoms with Gasteiger partial charge in [-0.1, -0.05) is 12.1 Å². The van der Waals surface area contributed by atoms with Gasteiger partial charge in [0, 0.05) is 37.6 Å². The zero-order valence-electron chi connectivity index (χ0n) is 18.8. The van der Waals surface area contributed by atoms with Gasteiger partial charge in [0.2, 0.25) is 0 Å². The number of thiazole rings is 1. The third-order valence-electron chi connectivity index (χ3n) is 5.32. The van der Waals surface area contributed by atoms with Crippen LogP contribution >= 0.6 is 11.3 Å². The Morgan fingerprint density at radius 3 is 2.62 bits per heavy atom. The van der Waals surface area contributed by atoms with Crippen LogP contribution in [-0.2, 0) is 13.0 Å². The standard InChI is InChI=1S/C23H25N7O3S/c1-28(2)16-9-7-15(8-10-16)25-21(30(32)33)14-29-12-11-19-20(13-29)34-23(27-19)22(31)26-18-6-4-3-5-17(18)24/h3-10,14,25H,11-13,24H2,1-2H3,(H,26,31). The number of nitrogen functional groups attached to an aromatic ring is 1. The molecule has 0 radical (unpaired) electrons. The molecule has 4 N–H and O–H groups in total. The molecule has 11 heteroatoms. The number of aromatic nitrogens is 1. The molecule has 0 bridgehead atoms. The van der Waals surface area contributed by atoms with E-state index >= 15 is 0 Å². The highest BCUT2D eigenvalue weighted by molar-refractivity contribution is 7.13. The molecule has 1 aliphatic rings. The maximum Gasteiger partial charge on any atom is 0.337 e. The van der Waals surface area contributed by atoms with Crippen LogP contribution in [0.5, 0.6) is 0 Å². The van der Waals surface area contributed by atoms with Gasteiger partial charge in [-0.05, 0) is 41.3 Å². The summed E-state index contributed by atoms with van der Waals surface area (Å²) in [5.41, 5.74) is 9.38. The Morgan fingerprint density at radius 1 is 1.21 bits per heavy atom. The lowest BCUT2D eigenvalue weighted by molar-refractivity contribution is -0.423. The van der Waals surface area contributed by atoms with Gasteiger partial charge in [0.05, 0.1) is 29.8 Å². The van der Waals surface area contributed by atoms with E-state index in [0.29, 0.717) is 41.6 Å². The average molecular weight is 480 g/mol. The van der Waals surface area contributed by atoms with Crippen molar-refractivity contribution in [1.82, 2.24) is 9.88 Å². The monoisotopic (exact) mass is 479 g/mol. The van der Waals surface area contributed by atoms with Gasteiger partial charge in [0.1, 0.15) is 5.69 Å². The zero-order valence-corrected chi connectivity index (χ0v) is 19.6. The number of nitrogens with one attached hydrogen (secondary N) is 2. The highest BCUT2D eigenvalue weighted by Gasteiger charge is 2.24. The fourth-order valence-electron chi connectivity index (χ4n) is 3.50. The van der Waals surface area contributed by atoms with Gasteiger partial charge in [0.15, 0.2) is 5.01 Å². The summed E-state index contributed by atoms with van der Waals surface area (Å²) in [5.74, 6) is -0.448. The first-order valence-corrected chi connectivity index (χ1v) is 11.4. The molecule has 3 aromatic rings. The number of amides is 1. The Hall–Kier alpha value is -4.12. The normalized spacial score (nSPS) is 13.2. The van der Waals surface area contributed by atoms with Gasteiger partial charge in [0.25, 0.3) is 5.91 Å². The SMILES string of the molecule is CN(C)c1ccc(NC(=CN2CCc3nc(C(=O)Nc4ccccc4N)sc3C2)[N+](=O)[O-])cc1. The average Bonchev–Trinajstić information content (AvgIpc) is 3.24. The molecule has 2 heterocycles. The van der Waals surface area contributed by atoms with Crippen molar-refractivity contribution >= 4 is 40.0 Å². The summed E-state index contributed by atoms with van der Waals surface area (Å²) in [6, 6.07) is 14.4. The minimum Gasteiger partial charge on any atom is -0.397 e. The number of hydrogen-bond donors (Lipinski definition) is 3. The van der Waals surface area contributed by atoms with Crippen LogP contribution in [0.25, 0.3) is 0 Å². The summed E-state index contributed by atoms with van der Waals surface area (Å²) in [7, 11) is 3.86. The summed E-state index contributed by atoms with van der Waals surface area (Å²) in [5, 5.41) is 17.7. The van der Waals surface area contributed by atoms with E-state index in [4.69, 9.17) is 5.73 Å². The molecule has 4 rings (SSSR count). The number of fused-ring (bicyclic) bond motifs is 1. The molecule has 176 valence electrons. The molecular formula is C23H25N7O3S. The van der Waals surface area contributed by atoms with Crippen LogP contribution in [0.1, 0.15) is 20.4 Å². The Kier molecular flexibility index (Phi) is 6.64. The predicted octanol–water partition coefficient (Wildman–Crippen LogP) is 3.59. The van der Waals surface area contributed by atoms with Gasteiger partial charge in [-0.3, -0.25) is 4.79 Å². The Bertz CT molecular complexity index is 1240. The minimum absolute atomic E-state index is 0.122. The molecule has 0 unspecified atom stereocenters. The first-order valence-electron chi connectivity index (χ1n) is 10.6. The van der Waals surface area contributed by atoms with Crippen LogP contribution in [-0.4, -0.2) is 41.4 Å². The number of rotatable bonds is 7. The number of anilines is 4. The molecule has 0 saturated heterocycles. The first-order chi connectivity index (χ1) is 16.3. The van der Waals surface area contributed by atoms with E-state index in [2.05, 4.69) is 15.6 Å². The van der Waals surface area contributed by atoms with Gasteiger partial charge in [-0.15, -0.1) is 11.3 Å². The largest absolute Gasteiger partial charge is 0.397 e. The number of carbonyl (C=O) groups excluding carboxylic acids is 1. The van der Waals surface area contributed by atoms with Crippen molar-refractivity contribution in [2.24, 2.45) is 0 Å². The molecule has 0 spiro atoms. The summed E-state index contributed by atoms with van der Waals surface area (Å²) in [4.78, 5) is 33.1. The van der Waals surface area contributed by atoms with Crippen molar-refractivity contribution in [2.75, 3.05) is 41.9 Å². The quantitative estimate of drug-likeness (QED) is 0.266. The second-order valence-electron chi connectivity index (χ2n) is 7.99. The minimum atomic E-state index is -0.439. The first kappa shape index (κ1) is 23.1. The Labute approximate surface area is 200 Å². The van der Waals surface area contributed by atoms with Crippen molar-refractivity contribution < 1.29 is 9.72 Å². The van der Waals surface area contributed by atoms with Gasteiger partial charge in [-0.25, -0.2) is 10.3 Å². The van der Waals surface area contributed by atoms with E-state index in [1.54, 1.807) is 36.4 Å². The molecule has 0 atom stereocenters. The molecule has 0 fully saturated rings. The lowest BCUT2D eigenvalue weighted by atomic mass is 10.2. The number of nitro groups is 1. The molecule has 2 aromatic carbocycles. The molecule has 10 nitrogen and oxygen atoms in total. The van der Waals surface area contributed by atoms with Crippen molar-refractivity contribution in [3.8, 4) is 0 Å². The van der Waals surface area contributed by atoms with Crippen LogP contribution in [0.15, 0.2) is 60.6 Å². The van der Waals surface area contributed by atoms with Crippen molar-refractivity contribution in [1.29, 1.82) is 0 Å². The summed E-state index contributed by atoms with van der Waals surface area (Å²) in [6.45, 7) is 0.994. The highest BCUT2D eigenvalue weighted by atomic mass is 32.1. The Balaban J connectivity index is 1.46. The lowest BCUT2D eigenvalue weighted by Crippen LogP contribution is -2.27. The lowest BCUT2D eigenvalue weighted by Gasteiger charge is -2.24. The molecule has 0 saturated carbocycles. The number of nitrogens with two attached hydrogens (primary N) is 1. The maximum absolute atomic E-state index is 12.7. The fourth-order valence-corrected chi connectivity index (χ4v) is 4.53. The number of para-hydroxylation sites is 2. The molecule has 0 aliphatic carbocycles. The highest BCUT2D eigenvalue weighted by Crippen LogP contribution is 2.27. The second kappa shape index (κ2) is 9.79. The van der Waals surface area contributed by atoms with E-state index in [9.17, 15) is 14.9 Å². The number of benzene rings is 2. The van der Waals surface area contributed by atoms with Crippen LogP contribution in [0.2, 0.25) is 0 Å². The number of hydrogen-bond acceptors (Lipinski definition) is 9. The topological polar surface area (TPSA) is 130 Å². The fraction of sp³-hybridized carbons (Fsp3) is 0.217. The molecule has 1 amide bonds. The van der Waals surface area contributed by atoms with Crippen LogP contribution in [0, 0.1) is 10.1 Å². The van der Waals surface area contributed by atoms with Crippen molar-refractivity contribution in [3.05, 3.63) is 86.2 Å². The smallest absolute Gasteiger partial charge is 0.337 e. The van der Waals surface area contributed by atoms with Gasteiger partial charge >= 0.3 is 5.82 Å². The predicted molar refractivity (Wildman–Crippen MR) is 135 cm³/mol. The Morgan fingerprint density at radius 2 is 1.94 bits per heavy atom. The number of carbonyl (C=O) groups is 1. The van der Waals surface area contributed by atoms with E-state index in [0.717, 1.165) is 16.3 Å². The van der Waals surface area contributed by atoms with Crippen molar-refractivity contribution in [2.45, 2.75) is 13.0 Å². The summed E-state index contributed by atoms with van der Waals surface area (Å²) >= 11 is 1.29. The summed E-state index contributed by atoms with van der Waals surface area (Å²) in [6.07, 6.45) is 2.10. The van der Waals surface area contributed by atoms with E-state index in [-0.39, 0.29) is 11.7 Å². The zero-order chi connectivity index (χ0) is 24.2. The van der Waals surface area contributed by atoms with Crippen LogP contribution in [0.3, 0.4) is 0 Å². The van der Waals surface area contributed by atoms with E-state index in [1.165, 1.54) is 17.5 Å². The van der Waals surface area contributed by atoms with E-state index in [1.807, 2.05) is 36.0 Å². The van der Waals surface area contributed by atoms with Gasteiger partial charge < -0.3 is 31.0 Å². The number of nitrogens with zero attached hydrogens (tertiary/aromatic N) is 4. The third kappa shape index (κ3) is 5.26. The van der Waals surface area contributed by atoms with E-state index < -0.39 is 4.92 Å². The van der Waals surface area contributed by atoms with Gasteiger partial charge in [-0.2, -0.15) is 0 Å².